The molecule has 0 spiro atoms. The van der Waals surface area contributed by atoms with E-state index in [2.05, 4.69) is 0 Å². The second-order valence-electron chi connectivity index (χ2n) is 4.23. The highest BCUT2D eigenvalue weighted by atomic mass is 32.2. The molecule has 0 aromatic heterocycles. The molecule has 0 atom stereocenters. The number of ether oxygens (including phenoxy) is 1. The average molecular weight is 272 g/mol. The molecule has 2 N–H and O–H groups in total. The first-order valence-electron chi connectivity index (χ1n) is 5.66. The number of methoxy groups -OCH3 is 1. The van der Waals surface area contributed by atoms with Gasteiger partial charge in [0.05, 0.1) is 7.11 Å². The van der Waals surface area contributed by atoms with Gasteiger partial charge < -0.3 is 10.5 Å². The van der Waals surface area contributed by atoms with Gasteiger partial charge in [-0.25, -0.2) is 8.42 Å². The highest BCUT2D eigenvalue weighted by Gasteiger charge is 2.26. The van der Waals surface area contributed by atoms with Crippen molar-refractivity contribution < 1.29 is 13.2 Å². The first kappa shape index (κ1) is 14.9. The summed E-state index contributed by atoms with van der Waals surface area (Å²) in [5, 5.41) is 0. The maximum absolute atomic E-state index is 12.4. The molecule has 6 heteroatoms. The minimum absolute atomic E-state index is 0.214. The monoisotopic (exact) mass is 272 g/mol. The normalized spacial score (nSPS) is 11.9. The van der Waals surface area contributed by atoms with Crippen LogP contribution in [0, 0.1) is 13.8 Å². The van der Waals surface area contributed by atoms with Crippen LogP contribution in [0.3, 0.4) is 0 Å². The van der Waals surface area contributed by atoms with Crippen molar-refractivity contribution >= 4 is 10.0 Å². The van der Waals surface area contributed by atoms with E-state index in [9.17, 15) is 8.42 Å². The number of rotatable bonds is 5. The smallest absolute Gasteiger partial charge is 0.246 e. The molecule has 1 rings (SSSR count). The molecule has 0 aliphatic carbocycles. The molecule has 0 heterocycles. The highest BCUT2D eigenvalue weighted by molar-refractivity contribution is 7.89. The number of nitrogens with two attached hydrogens (primary N) is 1. The number of hydrogen-bond acceptors (Lipinski definition) is 4. The zero-order valence-electron chi connectivity index (χ0n) is 11.2. The van der Waals surface area contributed by atoms with Gasteiger partial charge in [-0.1, -0.05) is 6.07 Å². The van der Waals surface area contributed by atoms with Gasteiger partial charge in [-0.3, -0.25) is 0 Å². The molecule has 102 valence electrons. The Balaban J connectivity index is 3.40. The molecule has 0 amide bonds. The lowest BCUT2D eigenvalue weighted by molar-refractivity contribution is 0.397. The highest BCUT2D eigenvalue weighted by Crippen LogP contribution is 2.30. The van der Waals surface area contributed by atoms with E-state index in [0.717, 1.165) is 5.56 Å². The van der Waals surface area contributed by atoms with Crippen LogP contribution in [-0.2, 0) is 10.0 Å². The van der Waals surface area contributed by atoms with Crippen molar-refractivity contribution in [1.82, 2.24) is 4.31 Å². The molecular weight excluding hydrogens is 252 g/mol. The van der Waals surface area contributed by atoms with E-state index >= 15 is 0 Å². The Morgan fingerprint density at radius 3 is 2.44 bits per heavy atom. The van der Waals surface area contributed by atoms with Crippen LogP contribution in [0.15, 0.2) is 17.0 Å². The number of sulfonamides is 1. The summed E-state index contributed by atoms with van der Waals surface area (Å²) in [6.45, 7) is 4.22. The minimum Gasteiger partial charge on any atom is -0.495 e. The Hall–Kier alpha value is -1.11. The summed E-state index contributed by atoms with van der Waals surface area (Å²) in [4.78, 5) is 0.214. The van der Waals surface area contributed by atoms with Crippen LogP contribution in [0.1, 0.15) is 11.1 Å². The lowest BCUT2D eigenvalue weighted by atomic mass is 10.1. The van der Waals surface area contributed by atoms with Crippen molar-refractivity contribution in [3.05, 3.63) is 23.3 Å². The Bertz CT molecular complexity index is 526. The van der Waals surface area contributed by atoms with Crippen molar-refractivity contribution in [3.63, 3.8) is 0 Å². The van der Waals surface area contributed by atoms with Gasteiger partial charge in [0.15, 0.2) is 0 Å². The van der Waals surface area contributed by atoms with Crippen molar-refractivity contribution in [2.75, 3.05) is 27.2 Å². The molecule has 0 unspecified atom stereocenters. The molecule has 18 heavy (non-hydrogen) atoms. The zero-order chi connectivity index (χ0) is 13.9. The second kappa shape index (κ2) is 5.69. The third-order valence-electron chi connectivity index (χ3n) is 2.72. The van der Waals surface area contributed by atoms with Crippen molar-refractivity contribution in [3.8, 4) is 5.75 Å². The first-order valence-corrected chi connectivity index (χ1v) is 7.10. The maximum atomic E-state index is 12.4. The van der Waals surface area contributed by atoms with E-state index < -0.39 is 10.0 Å². The molecule has 5 nitrogen and oxygen atoms in total. The van der Waals surface area contributed by atoms with Crippen LogP contribution < -0.4 is 10.5 Å². The van der Waals surface area contributed by atoms with Crippen molar-refractivity contribution in [2.45, 2.75) is 18.7 Å². The zero-order valence-corrected chi connectivity index (χ0v) is 12.0. The van der Waals surface area contributed by atoms with Crippen LogP contribution in [0.4, 0.5) is 0 Å². The lowest BCUT2D eigenvalue weighted by Gasteiger charge is -2.20. The summed E-state index contributed by atoms with van der Waals surface area (Å²) in [6.07, 6.45) is 0. The summed E-state index contributed by atoms with van der Waals surface area (Å²) in [5.74, 6) is 0.372. The van der Waals surface area contributed by atoms with E-state index in [1.165, 1.54) is 18.5 Å². The summed E-state index contributed by atoms with van der Waals surface area (Å²) >= 11 is 0. The van der Waals surface area contributed by atoms with Gasteiger partial charge >= 0.3 is 0 Å². The molecular formula is C12H20N2O3S. The number of likely N-dealkylation sites (N-methyl/N-ethyl adjacent to an activating group) is 1. The van der Waals surface area contributed by atoms with E-state index in [1.807, 2.05) is 13.0 Å². The third kappa shape index (κ3) is 2.82. The van der Waals surface area contributed by atoms with Gasteiger partial charge in [-0.2, -0.15) is 4.31 Å². The van der Waals surface area contributed by atoms with Gasteiger partial charge in [-0.15, -0.1) is 0 Å². The SMILES string of the molecule is COc1cc(C)cc(C)c1S(=O)(=O)N(C)CCN. The van der Waals surface area contributed by atoms with E-state index in [4.69, 9.17) is 10.5 Å². The predicted octanol–water partition coefficient (Wildman–Crippen LogP) is 0.891. The fourth-order valence-electron chi connectivity index (χ4n) is 1.86. The summed E-state index contributed by atoms with van der Waals surface area (Å²) < 4.78 is 31.3. The molecule has 1 aromatic carbocycles. The summed E-state index contributed by atoms with van der Waals surface area (Å²) in [5.41, 5.74) is 7.04. The number of hydrogen-bond donors (Lipinski definition) is 1. The average Bonchev–Trinajstić information content (AvgIpc) is 2.27. The van der Waals surface area contributed by atoms with E-state index in [1.54, 1.807) is 13.0 Å². The van der Waals surface area contributed by atoms with Gasteiger partial charge in [0, 0.05) is 20.1 Å². The molecule has 0 radical (unpaired) electrons. The van der Waals surface area contributed by atoms with Crippen LogP contribution in [0.5, 0.6) is 5.75 Å². The predicted molar refractivity (Wildman–Crippen MR) is 71.3 cm³/mol. The Kier molecular flexibility index (Phi) is 4.72. The molecule has 0 bridgehead atoms. The Morgan fingerprint density at radius 1 is 1.33 bits per heavy atom. The topological polar surface area (TPSA) is 72.6 Å². The molecule has 0 saturated carbocycles. The van der Waals surface area contributed by atoms with Gasteiger partial charge in [-0.05, 0) is 31.0 Å². The van der Waals surface area contributed by atoms with E-state index in [0.29, 0.717) is 11.3 Å². The van der Waals surface area contributed by atoms with Crippen LogP contribution in [0.2, 0.25) is 0 Å². The first-order chi connectivity index (χ1) is 8.34. The van der Waals surface area contributed by atoms with Crippen LogP contribution >= 0.6 is 0 Å². The molecule has 1 aromatic rings. The van der Waals surface area contributed by atoms with Gasteiger partial charge in [0.1, 0.15) is 10.6 Å². The van der Waals surface area contributed by atoms with Crippen molar-refractivity contribution in [2.24, 2.45) is 5.73 Å². The fourth-order valence-corrected chi connectivity index (χ4v) is 3.38. The Labute approximate surface area is 109 Å². The van der Waals surface area contributed by atoms with Gasteiger partial charge in [0.25, 0.3) is 0 Å². The molecule has 0 fully saturated rings. The minimum atomic E-state index is -3.56. The van der Waals surface area contributed by atoms with Gasteiger partial charge in [0.2, 0.25) is 10.0 Å². The standard InChI is InChI=1S/C12H20N2O3S/c1-9-7-10(2)12(11(8-9)17-4)18(15,16)14(3)6-5-13/h7-8H,5-6,13H2,1-4H3. The quantitative estimate of drug-likeness (QED) is 0.864. The third-order valence-corrected chi connectivity index (χ3v) is 4.76. The summed E-state index contributed by atoms with van der Waals surface area (Å²) in [7, 11) is -0.580. The summed E-state index contributed by atoms with van der Waals surface area (Å²) in [6, 6.07) is 3.54. The molecule has 0 saturated heterocycles. The Morgan fingerprint density at radius 2 is 1.94 bits per heavy atom. The van der Waals surface area contributed by atoms with Crippen molar-refractivity contribution in [1.29, 1.82) is 0 Å². The maximum Gasteiger partial charge on any atom is 0.246 e. The fraction of sp³-hybridized carbons (Fsp3) is 0.500. The second-order valence-corrected chi connectivity index (χ2v) is 6.21. The molecule has 0 aliphatic rings. The number of benzene rings is 1. The number of nitrogens with zero attached hydrogens (tertiary/aromatic N) is 1. The molecule has 0 aliphatic heterocycles. The largest absolute Gasteiger partial charge is 0.495 e. The van der Waals surface area contributed by atoms with Crippen LogP contribution in [0.25, 0.3) is 0 Å². The van der Waals surface area contributed by atoms with E-state index in [-0.39, 0.29) is 18.0 Å². The lowest BCUT2D eigenvalue weighted by Crippen LogP contribution is -2.32. The number of aryl methyl sites for hydroxylation is 2. The van der Waals surface area contributed by atoms with Crippen LogP contribution in [-0.4, -0.2) is 40.0 Å².